The van der Waals surface area contributed by atoms with Gasteiger partial charge in [0.2, 0.25) is 0 Å². The van der Waals surface area contributed by atoms with Gasteiger partial charge in [-0.1, -0.05) is 30.3 Å². The van der Waals surface area contributed by atoms with Crippen LogP contribution in [0.25, 0.3) is 0 Å². The summed E-state index contributed by atoms with van der Waals surface area (Å²) in [5.41, 5.74) is 3.81. The third-order valence-corrected chi connectivity index (χ3v) is 3.28. The van der Waals surface area contributed by atoms with E-state index in [2.05, 4.69) is 10.5 Å². The Kier molecular flexibility index (Phi) is 5.32. The molecule has 2 aromatic carbocycles. The molecule has 0 saturated heterocycles. The van der Waals surface area contributed by atoms with Crippen LogP contribution >= 0.6 is 0 Å². The number of hydrazone groups is 1. The van der Waals surface area contributed by atoms with Crippen LogP contribution in [0.15, 0.2) is 53.6 Å². The summed E-state index contributed by atoms with van der Waals surface area (Å²) in [4.78, 5) is 12.2. The van der Waals surface area contributed by atoms with Crippen LogP contribution < -0.4 is 5.43 Å². The zero-order valence-electron chi connectivity index (χ0n) is 12.9. The van der Waals surface area contributed by atoms with Gasteiger partial charge in [-0.25, -0.2) is 5.43 Å². The molecule has 120 valence electrons. The molecular formula is C17H18N2O4. The Hall–Kier alpha value is -2.86. The van der Waals surface area contributed by atoms with Gasteiger partial charge in [-0.2, -0.15) is 5.10 Å². The number of carbonyl (C=O) groups excluding carboxylic acids is 1. The third-order valence-electron chi connectivity index (χ3n) is 3.28. The second-order valence-electron chi connectivity index (χ2n) is 4.90. The molecule has 0 saturated carbocycles. The van der Waals surface area contributed by atoms with Crippen LogP contribution in [0, 0.1) is 0 Å². The smallest absolute Gasteiger partial charge is 0.273 e. The van der Waals surface area contributed by atoms with E-state index in [0.717, 1.165) is 0 Å². The Morgan fingerprint density at radius 2 is 1.87 bits per heavy atom. The van der Waals surface area contributed by atoms with Crippen LogP contribution in [0.1, 0.15) is 24.2 Å². The van der Waals surface area contributed by atoms with Crippen molar-refractivity contribution in [2.24, 2.45) is 5.10 Å². The quantitative estimate of drug-likeness (QED) is 0.449. The molecule has 2 rings (SSSR count). The number of benzene rings is 2. The number of methoxy groups -OCH3 is 1. The minimum Gasteiger partial charge on any atom is -0.508 e. The number of nitrogens with one attached hydrogen (secondary N) is 1. The number of nitrogens with zero attached hydrogens (tertiary/aromatic N) is 1. The predicted molar refractivity (Wildman–Crippen MR) is 86.3 cm³/mol. The molecule has 1 atom stereocenters. The zero-order valence-corrected chi connectivity index (χ0v) is 12.9. The topological polar surface area (TPSA) is 91.2 Å². The lowest BCUT2D eigenvalue weighted by Crippen LogP contribution is -2.27. The van der Waals surface area contributed by atoms with Crippen LogP contribution in [0.5, 0.6) is 11.5 Å². The maximum Gasteiger partial charge on any atom is 0.273 e. The molecule has 0 aromatic heterocycles. The predicted octanol–water partition coefficient (Wildman–Crippen LogP) is 2.33. The summed E-state index contributed by atoms with van der Waals surface area (Å²) < 4.78 is 5.21. The third kappa shape index (κ3) is 4.08. The number of hydrogen-bond donors (Lipinski definition) is 3. The van der Waals surface area contributed by atoms with Gasteiger partial charge >= 0.3 is 0 Å². The first-order valence-corrected chi connectivity index (χ1v) is 6.97. The number of hydrogen-bond acceptors (Lipinski definition) is 5. The van der Waals surface area contributed by atoms with Crippen molar-refractivity contribution in [2.75, 3.05) is 7.11 Å². The Balaban J connectivity index is 2.14. The van der Waals surface area contributed by atoms with Crippen molar-refractivity contribution in [2.45, 2.75) is 13.0 Å². The van der Waals surface area contributed by atoms with Gasteiger partial charge in [0, 0.05) is 12.7 Å². The van der Waals surface area contributed by atoms with Crippen LogP contribution in [0.4, 0.5) is 0 Å². The van der Waals surface area contributed by atoms with Gasteiger partial charge in [0.15, 0.2) is 6.10 Å². The monoisotopic (exact) mass is 314 g/mol. The first kappa shape index (κ1) is 16.5. The Labute approximate surface area is 134 Å². The molecule has 2 aromatic rings. The number of carbonyl (C=O) groups is 1. The summed E-state index contributed by atoms with van der Waals surface area (Å²) in [5, 5.41) is 23.2. The molecular weight excluding hydrogens is 296 g/mol. The largest absolute Gasteiger partial charge is 0.508 e. The number of amides is 1. The number of rotatable bonds is 5. The molecule has 3 N–H and O–H groups in total. The number of phenols is 2. The lowest BCUT2D eigenvalue weighted by Gasteiger charge is -2.14. The van der Waals surface area contributed by atoms with Gasteiger partial charge < -0.3 is 14.9 Å². The maximum atomic E-state index is 12.2. The average molecular weight is 314 g/mol. The van der Waals surface area contributed by atoms with Gasteiger partial charge in [0.25, 0.3) is 5.91 Å². The van der Waals surface area contributed by atoms with Gasteiger partial charge in [0.1, 0.15) is 11.5 Å². The fraction of sp³-hybridized carbons (Fsp3) is 0.176. The lowest BCUT2D eigenvalue weighted by atomic mass is 10.1. The van der Waals surface area contributed by atoms with E-state index >= 15 is 0 Å². The van der Waals surface area contributed by atoms with Crippen molar-refractivity contribution >= 4 is 11.6 Å². The van der Waals surface area contributed by atoms with Crippen molar-refractivity contribution in [1.29, 1.82) is 0 Å². The molecule has 0 bridgehead atoms. The molecule has 23 heavy (non-hydrogen) atoms. The van der Waals surface area contributed by atoms with E-state index in [9.17, 15) is 15.0 Å². The maximum absolute atomic E-state index is 12.2. The number of phenolic OH excluding ortho intramolecular Hbond substituents is 2. The first-order chi connectivity index (χ1) is 11.0. The average Bonchev–Trinajstić information content (AvgIpc) is 2.56. The molecule has 0 aliphatic rings. The molecule has 0 spiro atoms. The fourth-order valence-electron chi connectivity index (χ4n) is 2.09. The highest BCUT2D eigenvalue weighted by Crippen LogP contribution is 2.22. The van der Waals surface area contributed by atoms with Gasteiger partial charge in [0.05, 0.1) is 5.71 Å². The lowest BCUT2D eigenvalue weighted by molar-refractivity contribution is -0.131. The minimum atomic E-state index is -0.787. The van der Waals surface area contributed by atoms with Crippen molar-refractivity contribution in [3.63, 3.8) is 0 Å². The first-order valence-electron chi connectivity index (χ1n) is 6.97. The second-order valence-corrected chi connectivity index (χ2v) is 4.90. The molecule has 0 aliphatic carbocycles. The highest BCUT2D eigenvalue weighted by Gasteiger charge is 2.19. The van der Waals surface area contributed by atoms with Crippen molar-refractivity contribution in [3.05, 3.63) is 59.7 Å². The molecule has 0 fully saturated rings. The Bertz CT molecular complexity index is 714. The number of aromatic hydroxyl groups is 2. The number of ether oxygens (including phenoxy) is 1. The van der Waals surface area contributed by atoms with Gasteiger partial charge in [-0.05, 0) is 30.7 Å². The summed E-state index contributed by atoms with van der Waals surface area (Å²) in [6.45, 7) is 1.61. The molecule has 0 unspecified atom stereocenters. The van der Waals surface area contributed by atoms with Crippen molar-refractivity contribution < 1.29 is 19.7 Å². The minimum absolute atomic E-state index is 0.00210. The zero-order chi connectivity index (χ0) is 16.8. The summed E-state index contributed by atoms with van der Waals surface area (Å²) in [6, 6.07) is 13.1. The summed E-state index contributed by atoms with van der Waals surface area (Å²) in [5.74, 6) is -0.472. The van der Waals surface area contributed by atoms with E-state index in [4.69, 9.17) is 4.74 Å². The second kappa shape index (κ2) is 7.42. The van der Waals surface area contributed by atoms with E-state index in [1.54, 1.807) is 19.1 Å². The van der Waals surface area contributed by atoms with Crippen LogP contribution in [0.3, 0.4) is 0 Å². The van der Waals surface area contributed by atoms with E-state index in [1.807, 2.05) is 18.2 Å². The van der Waals surface area contributed by atoms with E-state index in [0.29, 0.717) is 16.8 Å². The Morgan fingerprint density at radius 3 is 2.52 bits per heavy atom. The summed E-state index contributed by atoms with van der Waals surface area (Å²) in [6.07, 6.45) is -0.787. The molecule has 6 heteroatoms. The van der Waals surface area contributed by atoms with Gasteiger partial charge in [-0.3, -0.25) is 4.79 Å². The molecule has 1 amide bonds. The normalized spacial score (nSPS) is 12.7. The standard InChI is InChI=1S/C17H18N2O4/c1-11(14-10-13(20)8-9-15(14)21)18-19-17(22)16(23-2)12-6-4-3-5-7-12/h3-10,16,20-21H,1-2H3,(H,19,22)/b18-11-/t16-/m0/s1. The van der Waals surface area contributed by atoms with Gasteiger partial charge in [-0.15, -0.1) is 0 Å². The van der Waals surface area contributed by atoms with Crippen LogP contribution in [0.2, 0.25) is 0 Å². The summed E-state index contributed by atoms with van der Waals surface area (Å²) >= 11 is 0. The fourth-order valence-corrected chi connectivity index (χ4v) is 2.09. The molecule has 0 radical (unpaired) electrons. The van der Waals surface area contributed by atoms with E-state index in [1.165, 1.54) is 25.3 Å². The van der Waals surface area contributed by atoms with Crippen molar-refractivity contribution in [3.8, 4) is 11.5 Å². The molecule has 6 nitrogen and oxygen atoms in total. The van der Waals surface area contributed by atoms with Crippen LogP contribution in [-0.4, -0.2) is 28.9 Å². The summed E-state index contributed by atoms with van der Waals surface area (Å²) in [7, 11) is 1.44. The highest BCUT2D eigenvalue weighted by molar-refractivity contribution is 6.02. The molecule has 0 heterocycles. The van der Waals surface area contributed by atoms with Crippen molar-refractivity contribution in [1.82, 2.24) is 5.43 Å². The Morgan fingerprint density at radius 1 is 1.17 bits per heavy atom. The molecule has 0 aliphatic heterocycles. The van der Waals surface area contributed by atoms with E-state index in [-0.39, 0.29) is 11.5 Å². The SMILES string of the molecule is CO[C@H](C(=O)N/N=C(/C)c1cc(O)ccc1O)c1ccccc1. The highest BCUT2D eigenvalue weighted by atomic mass is 16.5. The van der Waals surface area contributed by atoms with E-state index < -0.39 is 12.0 Å². The van der Waals surface area contributed by atoms with Crippen LogP contribution in [-0.2, 0) is 9.53 Å².